The number of aromatic nitrogens is 3. The first-order valence-electron chi connectivity index (χ1n) is 12.6. The van der Waals surface area contributed by atoms with Crippen LogP contribution in [0.5, 0.6) is 0 Å². The van der Waals surface area contributed by atoms with Crippen LogP contribution in [-0.2, 0) is 0 Å². The molecular formula is C27H29F3N4O. The smallest absolute Gasteiger partial charge is 0.280 e. The number of nitrogens with one attached hydrogen (secondary N) is 1. The van der Waals surface area contributed by atoms with Crippen molar-refractivity contribution in [3.8, 4) is 11.3 Å². The molecule has 8 heteroatoms. The summed E-state index contributed by atoms with van der Waals surface area (Å²) in [6.45, 7) is 2.11. The van der Waals surface area contributed by atoms with E-state index >= 15 is 0 Å². The molecule has 0 aliphatic heterocycles. The number of amides is 1. The summed E-state index contributed by atoms with van der Waals surface area (Å²) in [5, 5.41) is 7.35. The summed E-state index contributed by atoms with van der Waals surface area (Å²) in [5.41, 5.74) is 0.766. The van der Waals surface area contributed by atoms with Crippen molar-refractivity contribution in [1.29, 1.82) is 0 Å². The molecule has 1 N–H and O–H groups in total. The molecule has 4 bridgehead atoms. The molecule has 0 radical (unpaired) electrons. The fourth-order valence-electron chi connectivity index (χ4n) is 7.60. The van der Waals surface area contributed by atoms with Gasteiger partial charge in [0.05, 0.1) is 11.9 Å². The number of nitrogens with zero attached hydrogens (tertiary/aromatic N) is 3. The molecular weight excluding hydrogens is 453 g/mol. The lowest BCUT2D eigenvalue weighted by molar-refractivity contribution is -0.0727. The Kier molecular flexibility index (Phi) is 5.38. The Bertz CT molecular complexity index is 1230. The van der Waals surface area contributed by atoms with Gasteiger partial charge in [-0.25, -0.2) is 22.7 Å². The van der Waals surface area contributed by atoms with Crippen molar-refractivity contribution < 1.29 is 18.0 Å². The first-order valence-corrected chi connectivity index (χ1v) is 12.6. The second kappa shape index (κ2) is 8.35. The van der Waals surface area contributed by atoms with Crippen LogP contribution in [0.2, 0.25) is 0 Å². The van der Waals surface area contributed by atoms with E-state index in [4.69, 9.17) is 0 Å². The highest BCUT2D eigenvalue weighted by Gasteiger charge is 2.54. The Balaban J connectivity index is 1.35. The van der Waals surface area contributed by atoms with E-state index in [-0.39, 0.29) is 40.0 Å². The molecule has 184 valence electrons. The number of carbonyl (C=O) groups is 1. The van der Waals surface area contributed by atoms with Crippen LogP contribution in [0.3, 0.4) is 0 Å². The van der Waals surface area contributed by atoms with Gasteiger partial charge in [-0.15, -0.1) is 0 Å². The van der Waals surface area contributed by atoms with Gasteiger partial charge >= 0.3 is 0 Å². The van der Waals surface area contributed by atoms with Crippen molar-refractivity contribution >= 4 is 11.6 Å². The minimum Gasteiger partial charge on any atom is -0.349 e. The van der Waals surface area contributed by atoms with E-state index in [0.717, 1.165) is 48.0 Å². The highest BCUT2D eigenvalue weighted by atomic mass is 19.3. The second-order valence-electron chi connectivity index (χ2n) is 10.9. The molecule has 3 aromatic rings. The number of halogens is 3. The predicted octanol–water partition coefficient (Wildman–Crippen LogP) is 6.20. The van der Waals surface area contributed by atoms with Crippen molar-refractivity contribution in [2.75, 3.05) is 0 Å². The minimum absolute atomic E-state index is 0.0354. The van der Waals surface area contributed by atoms with Crippen molar-refractivity contribution in [2.24, 2.45) is 23.2 Å². The van der Waals surface area contributed by atoms with Gasteiger partial charge in [0.25, 0.3) is 12.3 Å². The number of hydrogen-bond donors (Lipinski definition) is 1. The molecule has 1 atom stereocenters. The van der Waals surface area contributed by atoms with Crippen molar-refractivity contribution in [1.82, 2.24) is 19.9 Å². The van der Waals surface area contributed by atoms with Crippen molar-refractivity contribution in [3.63, 3.8) is 0 Å². The van der Waals surface area contributed by atoms with Gasteiger partial charge in [0, 0.05) is 11.6 Å². The fourth-order valence-corrected chi connectivity index (χ4v) is 7.60. The number of carbonyl (C=O) groups excluding carboxylic acids is 1. The van der Waals surface area contributed by atoms with E-state index in [9.17, 15) is 18.0 Å². The third-order valence-electron chi connectivity index (χ3n) is 8.65. The van der Waals surface area contributed by atoms with E-state index in [0.29, 0.717) is 5.56 Å². The Hall–Kier alpha value is -2.90. The van der Waals surface area contributed by atoms with Crippen LogP contribution in [0.25, 0.3) is 16.9 Å². The lowest BCUT2D eigenvalue weighted by Gasteiger charge is -2.59. The van der Waals surface area contributed by atoms with Gasteiger partial charge in [0.1, 0.15) is 17.1 Å². The summed E-state index contributed by atoms with van der Waals surface area (Å²) < 4.78 is 42.3. The summed E-state index contributed by atoms with van der Waals surface area (Å²) in [7, 11) is 0. The third-order valence-corrected chi connectivity index (χ3v) is 8.65. The maximum atomic E-state index is 13.9. The standard InChI is InChI=1S/C27H29F3N4O/c1-2-23(27-11-15-7-16(12-27)9-17(8-15)13-27)33-26(35)20-14-31-34-22(24(29)30)10-21(32-25(20)34)18-3-5-19(28)6-4-18/h3-6,10,14-17,23-24H,2,7-9,11-13H2,1H3,(H,33,35). The lowest BCUT2D eigenvalue weighted by Crippen LogP contribution is -2.56. The van der Waals surface area contributed by atoms with Gasteiger partial charge in [-0.2, -0.15) is 5.10 Å². The van der Waals surface area contributed by atoms with E-state index in [1.165, 1.54) is 55.8 Å². The van der Waals surface area contributed by atoms with Gasteiger partial charge in [-0.3, -0.25) is 4.79 Å². The SMILES string of the molecule is CCC(NC(=O)c1cnn2c(C(F)F)cc(-c3ccc(F)cc3)nc12)C12CC3CC(CC(C3)C1)C2. The second-order valence-corrected chi connectivity index (χ2v) is 10.9. The molecule has 1 unspecified atom stereocenters. The summed E-state index contributed by atoms with van der Waals surface area (Å²) in [6, 6.07) is 6.76. The van der Waals surface area contributed by atoms with E-state index in [1.807, 2.05) is 0 Å². The van der Waals surface area contributed by atoms with Crippen LogP contribution in [0, 0.1) is 29.0 Å². The third kappa shape index (κ3) is 3.81. The Morgan fingerprint density at radius 1 is 1.11 bits per heavy atom. The molecule has 1 amide bonds. The maximum absolute atomic E-state index is 13.9. The van der Waals surface area contributed by atoms with Crippen LogP contribution in [0.15, 0.2) is 36.5 Å². The van der Waals surface area contributed by atoms with Gasteiger partial charge in [-0.05, 0) is 98.4 Å². The molecule has 35 heavy (non-hydrogen) atoms. The molecule has 2 heterocycles. The Labute approximate surface area is 202 Å². The Morgan fingerprint density at radius 3 is 2.31 bits per heavy atom. The number of fused-ring (bicyclic) bond motifs is 1. The molecule has 7 rings (SSSR count). The van der Waals surface area contributed by atoms with Crippen LogP contribution < -0.4 is 5.32 Å². The van der Waals surface area contributed by atoms with Crippen LogP contribution in [0.4, 0.5) is 13.2 Å². The van der Waals surface area contributed by atoms with Crippen LogP contribution in [0.1, 0.15) is 74.3 Å². The van der Waals surface area contributed by atoms with Gasteiger partial charge in [-0.1, -0.05) is 6.92 Å². The zero-order valence-corrected chi connectivity index (χ0v) is 19.7. The normalized spacial score (nSPS) is 28.1. The van der Waals surface area contributed by atoms with Gasteiger partial charge < -0.3 is 5.32 Å². The van der Waals surface area contributed by atoms with E-state index in [2.05, 4.69) is 22.3 Å². The predicted molar refractivity (Wildman–Crippen MR) is 125 cm³/mol. The topological polar surface area (TPSA) is 59.3 Å². The molecule has 2 aromatic heterocycles. The molecule has 4 aliphatic carbocycles. The monoisotopic (exact) mass is 482 g/mol. The average molecular weight is 483 g/mol. The van der Waals surface area contributed by atoms with Gasteiger partial charge in [0.15, 0.2) is 5.65 Å². The van der Waals surface area contributed by atoms with Crippen molar-refractivity contribution in [3.05, 3.63) is 53.6 Å². The molecule has 1 aromatic carbocycles. The summed E-state index contributed by atoms with van der Waals surface area (Å²) in [4.78, 5) is 18.0. The van der Waals surface area contributed by atoms with Gasteiger partial charge in [0.2, 0.25) is 0 Å². The molecule has 4 fully saturated rings. The Morgan fingerprint density at radius 2 is 1.74 bits per heavy atom. The maximum Gasteiger partial charge on any atom is 0.280 e. The first-order chi connectivity index (χ1) is 16.8. The molecule has 5 nitrogen and oxygen atoms in total. The number of hydrogen-bond acceptors (Lipinski definition) is 3. The fraction of sp³-hybridized carbons (Fsp3) is 0.519. The largest absolute Gasteiger partial charge is 0.349 e. The highest BCUT2D eigenvalue weighted by Crippen LogP contribution is 2.61. The summed E-state index contributed by atoms with van der Waals surface area (Å²) in [5.74, 6) is 1.53. The zero-order valence-electron chi connectivity index (χ0n) is 19.7. The lowest BCUT2D eigenvalue weighted by atomic mass is 9.47. The van der Waals surface area contributed by atoms with Crippen molar-refractivity contribution in [2.45, 2.75) is 64.3 Å². The quantitative estimate of drug-likeness (QED) is 0.455. The molecule has 0 saturated heterocycles. The van der Waals surface area contributed by atoms with E-state index in [1.54, 1.807) is 0 Å². The molecule has 4 aliphatic rings. The van der Waals surface area contributed by atoms with Crippen LogP contribution >= 0.6 is 0 Å². The van der Waals surface area contributed by atoms with Crippen LogP contribution in [-0.4, -0.2) is 26.5 Å². The average Bonchev–Trinajstić information content (AvgIpc) is 3.25. The molecule has 0 spiro atoms. The highest BCUT2D eigenvalue weighted by molar-refractivity contribution is 6.00. The summed E-state index contributed by atoms with van der Waals surface area (Å²) >= 11 is 0. The number of rotatable bonds is 6. The molecule has 4 saturated carbocycles. The van der Waals surface area contributed by atoms with E-state index < -0.39 is 12.2 Å². The summed E-state index contributed by atoms with van der Waals surface area (Å²) in [6.07, 6.45) is 6.79. The minimum atomic E-state index is -2.81. The number of alkyl halides is 2. The zero-order chi connectivity index (χ0) is 24.3. The number of benzene rings is 1. The first kappa shape index (κ1) is 22.6.